The lowest BCUT2D eigenvalue weighted by Gasteiger charge is -1.93. The number of rotatable bonds is 6. The van der Waals surface area contributed by atoms with Crippen molar-refractivity contribution in [1.82, 2.24) is 0 Å². The minimum Gasteiger partial charge on any atom is -0.270 e. The van der Waals surface area contributed by atoms with Gasteiger partial charge in [0.2, 0.25) is 0 Å². The van der Waals surface area contributed by atoms with E-state index in [9.17, 15) is 4.79 Å². The van der Waals surface area contributed by atoms with Gasteiger partial charge < -0.3 is 0 Å². The van der Waals surface area contributed by atoms with Gasteiger partial charge in [-0.25, -0.2) is 4.89 Å². The highest BCUT2D eigenvalue weighted by atomic mass is 17.8. The molecule has 0 N–H and O–H groups in total. The standard InChI is InChI=1S/C2H4O7/c1-4-6-8-9-7-5-2-3/h2H,1H3. The lowest BCUT2D eigenvalue weighted by molar-refractivity contribution is -0.746. The van der Waals surface area contributed by atoms with E-state index in [1.165, 1.54) is 7.11 Å². The van der Waals surface area contributed by atoms with Crippen molar-refractivity contribution in [3.05, 3.63) is 0 Å². The van der Waals surface area contributed by atoms with Crippen molar-refractivity contribution in [3.8, 4) is 0 Å². The molecule has 0 atom stereocenters. The molecule has 0 aliphatic carbocycles. The van der Waals surface area contributed by atoms with Crippen LogP contribution in [0.25, 0.3) is 0 Å². The predicted molar refractivity (Wildman–Crippen MR) is 18.5 cm³/mol. The molecule has 0 saturated carbocycles. The number of hydrogen-bond acceptors (Lipinski definition) is 7. The maximum atomic E-state index is 9.28. The van der Waals surface area contributed by atoms with Crippen molar-refractivity contribution in [1.29, 1.82) is 0 Å². The minimum absolute atomic E-state index is 0.0177. The molecule has 7 heteroatoms. The summed E-state index contributed by atoms with van der Waals surface area (Å²) in [6.45, 7) is -0.0177. The van der Waals surface area contributed by atoms with Gasteiger partial charge in [0.1, 0.15) is 0 Å². The molecule has 0 aromatic carbocycles. The number of carbonyl (C=O) groups is 1. The molecule has 0 aromatic heterocycles. The second-order valence-electron chi connectivity index (χ2n) is 0.631. The molecule has 0 saturated heterocycles. The van der Waals surface area contributed by atoms with Gasteiger partial charge in [-0.3, -0.25) is 9.68 Å². The van der Waals surface area contributed by atoms with Crippen molar-refractivity contribution >= 4 is 6.47 Å². The van der Waals surface area contributed by atoms with Crippen LogP contribution in [0.3, 0.4) is 0 Å². The van der Waals surface area contributed by atoms with Gasteiger partial charge in [-0.2, -0.15) is 0 Å². The summed E-state index contributed by atoms with van der Waals surface area (Å²) in [5.41, 5.74) is 0. The highest BCUT2D eigenvalue weighted by molar-refractivity contribution is 5.35. The van der Waals surface area contributed by atoms with Crippen LogP contribution in [-0.2, 0) is 34.7 Å². The fraction of sp³-hybridized carbons (Fsp3) is 0.500. The van der Waals surface area contributed by atoms with Crippen LogP contribution in [-0.4, -0.2) is 13.6 Å². The van der Waals surface area contributed by atoms with Gasteiger partial charge in [0, 0.05) is 10.1 Å². The van der Waals surface area contributed by atoms with Crippen LogP contribution < -0.4 is 0 Å². The Morgan fingerprint density at radius 1 is 1.11 bits per heavy atom. The average Bonchev–Trinajstić information content (AvgIpc) is 1.89. The van der Waals surface area contributed by atoms with Crippen molar-refractivity contribution in [2.75, 3.05) is 7.11 Å². The molecule has 0 unspecified atom stereocenters. The van der Waals surface area contributed by atoms with Gasteiger partial charge >= 0.3 is 6.47 Å². The van der Waals surface area contributed by atoms with Gasteiger partial charge in [-0.15, -0.1) is 0 Å². The van der Waals surface area contributed by atoms with E-state index in [1.54, 1.807) is 0 Å². The molecular formula is C2H4O7. The summed E-state index contributed by atoms with van der Waals surface area (Å²) in [5.74, 6) is 0. The highest BCUT2D eigenvalue weighted by Gasteiger charge is 1.87. The molecule has 0 amide bonds. The summed E-state index contributed by atoms with van der Waals surface area (Å²) in [6, 6.07) is 0. The lowest BCUT2D eigenvalue weighted by Crippen LogP contribution is -1.97. The first kappa shape index (κ1) is 8.27. The molecule has 0 spiro atoms. The van der Waals surface area contributed by atoms with E-state index in [0.717, 1.165) is 0 Å². The maximum Gasteiger partial charge on any atom is 0.334 e. The largest absolute Gasteiger partial charge is 0.334 e. The summed E-state index contributed by atoms with van der Waals surface area (Å²) in [6.07, 6.45) is 0. The van der Waals surface area contributed by atoms with Gasteiger partial charge in [0.25, 0.3) is 0 Å². The Labute approximate surface area is 49.6 Å². The van der Waals surface area contributed by atoms with Crippen molar-refractivity contribution < 1.29 is 34.7 Å². The summed E-state index contributed by atoms with van der Waals surface area (Å²) in [5, 5.41) is 14.2. The van der Waals surface area contributed by atoms with Crippen LogP contribution >= 0.6 is 0 Å². The molecule has 0 radical (unpaired) electrons. The third-order valence-electron chi connectivity index (χ3n) is 0.230. The molecule has 9 heavy (non-hydrogen) atoms. The molecule has 54 valence electrons. The van der Waals surface area contributed by atoms with Crippen molar-refractivity contribution in [3.63, 3.8) is 0 Å². The van der Waals surface area contributed by atoms with E-state index in [-0.39, 0.29) is 6.47 Å². The molecule has 7 nitrogen and oxygen atoms in total. The summed E-state index contributed by atoms with van der Waals surface area (Å²) in [4.78, 5) is 16.7. The number of carbonyl (C=O) groups excluding carboxylic acids is 1. The van der Waals surface area contributed by atoms with Gasteiger partial charge in [-0.1, -0.05) is 0 Å². The Morgan fingerprint density at radius 2 is 1.78 bits per heavy atom. The third kappa shape index (κ3) is 7.27. The average molecular weight is 140 g/mol. The predicted octanol–water partition coefficient (Wildman–Crippen LogP) is -0.553. The maximum absolute atomic E-state index is 9.28. The van der Waals surface area contributed by atoms with E-state index in [4.69, 9.17) is 0 Å². The van der Waals surface area contributed by atoms with Crippen LogP contribution in [0.5, 0.6) is 0 Å². The van der Waals surface area contributed by atoms with Gasteiger partial charge in [0.05, 0.1) is 7.11 Å². The minimum atomic E-state index is -0.0177. The van der Waals surface area contributed by atoms with Crippen molar-refractivity contribution in [2.24, 2.45) is 0 Å². The van der Waals surface area contributed by atoms with E-state index >= 15 is 0 Å². The lowest BCUT2D eigenvalue weighted by atomic mass is 11.7. The van der Waals surface area contributed by atoms with Gasteiger partial charge in [0.15, 0.2) is 0 Å². The zero-order chi connectivity index (χ0) is 6.95. The molecule has 0 aromatic rings. The zero-order valence-corrected chi connectivity index (χ0v) is 4.44. The SMILES string of the molecule is COOOOOOC=O. The molecular weight excluding hydrogens is 136 g/mol. The monoisotopic (exact) mass is 140 g/mol. The normalized spacial score (nSPS) is 9.00. The molecule has 0 aliphatic heterocycles. The van der Waals surface area contributed by atoms with Crippen LogP contribution in [0.4, 0.5) is 0 Å². The fourth-order valence-electron chi connectivity index (χ4n) is 0.0825. The first-order valence-corrected chi connectivity index (χ1v) is 1.71. The van der Waals surface area contributed by atoms with E-state index in [2.05, 4.69) is 29.9 Å². The first-order chi connectivity index (χ1) is 4.41. The van der Waals surface area contributed by atoms with E-state index < -0.39 is 0 Å². The first-order valence-electron chi connectivity index (χ1n) is 1.71. The summed E-state index contributed by atoms with van der Waals surface area (Å²) < 4.78 is 0. The van der Waals surface area contributed by atoms with Crippen LogP contribution in [0, 0.1) is 0 Å². The second-order valence-corrected chi connectivity index (χ2v) is 0.631. The third-order valence-corrected chi connectivity index (χ3v) is 0.230. The molecule has 0 bridgehead atoms. The zero-order valence-electron chi connectivity index (χ0n) is 4.44. The quantitative estimate of drug-likeness (QED) is 0.212. The Balaban J connectivity index is 2.66. The second kappa shape index (κ2) is 7.27. The van der Waals surface area contributed by atoms with Crippen LogP contribution in [0.1, 0.15) is 0 Å². The summed E-state index contributed by atoms with van der Waals surface area (Å²) in [7, 11) is 1.17. The Hall–Kier alpha value is -0.730. The highest BCUT2D eigenvalue weighted by Crippen LogP contribution is 1.81. The van der Waals surface area contributed by atoms with E-state index in [0.29, 0.717) is 0 Å². The van der Waals surface area contributed by atoms with Crippen LogP contribution in [0.2, 0.25) is 0 Å². The Morgan fingerprint density at radius 3 is 2.33 bits per heavy atom. The van der Waals surface area contributed by atoms with Crippen molar-refractivity contribution in [2.45, 2.75) is 0 Å². The topological polar surface area (TPSA) is 72.5 Å². The Bertz CT molecular complexity index is 61.9. The number of hydrogen-bond donors (Lipinski definition) is 0. The Kier molecular flexibility index (Phi) is 6.68. The molecule has 0 fully saturated rings. The molecule has 0 aliphatic rings. The smallest absolute Gasteiger partial charge is 0.270 e. The van der Waals surface area contributed by atoms with Gasteiger partial charge in [-0.05, 0) is 10.1 Å². The van der Waals surface area contributed by atoms with Crippen LogP contribution in [0.15, 0.2) is 0 Å². The summed E-state index contributed by atoms with van der Waals surface area (Å²) >= 11 is 0. The van der Waals surface area contributed by atoms with E-state index in [1.807, 2.05) is 0 Å². The fourth-order valence-corrected chi connectivity index (χ4v) is 0.0825. The molecule has 0 rings (SSSR count). The molecule has 0 heterocycles.